The molecule has 0 bridgehead atoms. The number of benzene rings is 1. The predicted octanol–water partition coefficient (Wildman–Crippen LogP) is 2.23. The molecule has 2 aliphatic rings. The molecule has 0 aliphatic heterocycles. The lowest BCUT2D eigenvalue weighted by Crippen LogP contribution is -2.42. The van der Waals surface area contributed by atoms with Gasteiger partial charge in [-0.2, -0.15) is 0 Å². The third kappa shape index (κ3) is 3.97. The monoisotopic (exact) mass is 480 g/mol. The summed E-state index contributed by atoms with van der Waals surface area (Å²) < 4.78 is 25.6. The molecule has 2 fully saturated rings. The zero-order chi connectivity index (χ0) is 24.0. The number of nitrogen functional groups attached to an aromatic ring is 1. The highest BCUT2D eigenvalue weighted by atomic mass is 32.2. The molecule has 1 aromatic carbocycles. The number of aliphatic hydroxyl groups is 1. The molecule has 0 radical (unpaired) electrons. The second kappa shape index (κ2) is 8.03. The van der Waals surface area contributed by atoms with E-state index in [-0.39, 0.29) is 17.3 Å². The van der Waals surface area contributed by atoms with Crippen LogP contribution in [0, 0.1) is 0 Å². The van der Waals surface area contributed by atoms with E-state index in [4.69, 9.17) is 5.73 Å². The zero-order valence-electron chi connectivity index (χ0n) is 18.2. The van der Waals surface area contributed by atoms with Crippen LogP contribution in [0.15, 0.2) is 59.8 Å². The van der Waals surface area contributed by atoms with Gasteiger partial charge in [0.25, 0.3) is 0 Å². The van der Waals surface area contributed by atoms with Gasteiger partial charge in [0.2, 0.25) is 0 Å². The molecule has 2 aliphatic carbocycles. The molecule has 11 heteroatoms. The van der Waals surface area contributed by atoms with E-state index >= 15 is 0 Å². The first-order valence-electron chi connectivity index (χ1n) is 10.9. The first-order chi connectivity index (χ1) is 16.3. The average molecular weight is 481 g/mol. The van der Waals surface area contributed by atoms with E-state index < -0.39 is 26.2 Å². The molecule has 2 amide bonds. The molecule has 5 rings (SSSR count). The molecule has 10 nitrogen and oxygen atoms in total. The normalized spacial score (nSPS) is 17.6. The number of carbonyl (C=O) groups is 1. The molecular weight excluding hydrogens is 456 g/mol. The first kappa shape index (κ1) is 22.2. The number of nitrogens with one attached hydrogen (secondary N) is 2. The Balaban J connectivity index is 1.39. The fraction of sp³-hybridized carbons (Fsp3) is 0.304. The van der Waals surface area contributed by atoms with Crippen molar-refractivity contribution >= 4 is 27.4 Å². The van der Waals surface area contributed by atoms with Gasteiger partial charge in [-0.3, -0.25) is 4.98 Å². The van der Waals surface area contributed by atoms with Gasteiger partial charge in [0.05, 0.1) is 22.7 Å². The maximum absolute atomic E-state index is 13.4. The second-order valence-corrected chi connectivity index (χ2v) is 11.0. The Morgan fingerprint density at radius 1 is 1.03 bits per heavy atom. The fourth-order valence-corrected chi connectivity index (χ4v) is 5.88. The Morgan fingerprint density at radius 3 is 2.29 bits per heavy atom. The van der Waals surface area contributed by atoms with Crippen molar-refractivity contribution in [1.82, 2.24) is 20.3 Å². The number of nitrogens with zero attached hydrogens (tertiary/aromatic N) is 3. The van der Waals surface area contributed by atoms with E-state index in [2.05, 4.69) is 25.6 Å². The molecule has 2 saturated carbocycles. The highest BCUT2D eigenvalue weighted by Crippen LogP contribution is 2.54. The third-order valence-corrected chi connectivity index (χ3v) is 8.87. The standard InChI is InChI=1S/C23H24N6O4S/c24-19-13-18(23(9-10-23)34(32,33)17-5-11-25-12-6-17)27-20(28-19)15-1-3-16(4-2-15)26-21(31)29-22(14-30)7-8-22/h1-6,11-13,30H,7-10,14H2,(H2,24,27,28)(H2,26,29,31). The Kier molecular flexibility index (Phi) is 5.25. The van der Waals surface area contributed by atoms with Gasteiger partial charge in [-0.15, -0.1) is 0 Å². The number of pyridine rings is 1. The van der Waals surface area contributed by atoms with Crippen LogP contribution in [0.2, 0.25) is 0 Å². The number of hydrogen-bond acceptors (Lipinski definition) is 8. The largest absolute Gasteiger partial charge is 0.394 e. The number of aliphatic hydroxyl groups excluding tert-OH is 1. The van der Waals surface area contributed by atoms with Gasteiger partial charge in [-0.1, -0.05) is 0 Å². The number of hydrogen-bond donors (Lipinski definition) is 4. The summed E-state index contributed by atoms with van der Waals surface area (Å²) in [7, 11) is -3.69. The van der Waals surface area contributed by atoms with Crippen molar-refractivity contribution in [2.24, 2.45) is 0 Å². The second-order valence-electron chi connectivity index (χ2n) is 8.78. The van der Waals surface area contributed by atoms with Crippen molar-refractivity contribution in [2.45, 2.75) is 40.9 Å². The summed E-state index contributed by atoms with van der Waals surface area (Å²) in [4.78, 5) is 25.1. The molecule has 5 N–H and O–H groups in total. The maximum Gasteiger partial charge on any atom is 0.319 e. The summed E-state index contributed by atoms with van der Waals surface area (Å²) >= 11 is 0. The number of anilines is 2. The van der Waals surface area contributed by atoms with Crippen LogP contribution in [0.4, 0.5) is 16.3 Å². The van der Waals surface area contributed by atoms with Gasteiger partial charge in [0.1, 0.15) is 10.6 Å². The minimum absolute atomic E-state index is 0.0904. The van der Waals surface area contributed by atoms with Crippen LogP contribution in [-0.4, -0.2) is 46.7 Å². The number of amides is 2. The molecule has 0 atom stereocenters. The Morgan fingerprint density at radius 2 is 1.71 bits per heavy atom. The summed E-state index contributed by atoms with van der Waals surface area (Å²) in [5.74, 6) is 0.482. The van der Waals surface area contributed by atoms with Gasteiger partial charge in [0, 0.05) is 29.7 Å². The summed E-state index contributed by atoms with van der Waals surface area (Å²) in [6.07, 6.45) is 5.30. The highest BCUT2D eigenvalue weighted by Gasteiger charge is 2.57. The van der Waals surface area contributed by atoms with Crippen LogP contribution < -0.4 is 16.4 Å². The topological polar surface area (TPSA) is 160 Å². The van der Waals surface area contributed by atoms with Crippen LogP contribution in [0.3, 0.4) is 0 Å². The molecule has 2 aromatic heterocycles. The van der Waals surface area contributed by atoms with Crippen molar-refractivity contribution in [3.8, 4) is 11.4 Å². The third-order valence-electron chi connectivity index (χ3n) is 6.33. The van der Waals surface area contributed by atoms with Crippen molar-refractivity contribution in [1.29, 1.82) is 0 Å². The van der Waals surface area contributed by atoms with Crippen molar-refractivity contribution in [2.75, 3.05) is 17.7 Å². The zero-order valence-corrected chi connectivity index (χ0v) is 19.0. The molecule has 2 heterocycles. The van der Waals surface area contributed by atoms with Crippen LogP contribution in [0.5, 0.6) is 0 Å². The van der Waals surface area contributed by atoms with E-state index in [1.807, 2.05) is 0 Å². The maximum atomic E-state index is 13.4. The van der Waals surface area contributed by atoms with Gasteiger partial charge in [-0.05, 0) is 62.1 Å². The number of carbonyl (C=O) groups excluding carboxylic acids is 1. The summed E-state index contributed by atoms with van der Waals surface area (Å²) in [5, 5.41) is 14.9. The van der Waals surface area contributed by atoms with Crippen LogP contribution >= 0.6 is 0 Å². The van der Waals surface area contributed by atoms with E-state index in [1.165, 1.54) is 30.6 Å². The summed E-state index contributed by atoms with van der Waals surface area (Å²) in [5.41, 5.74) is 7.08. The molecular formula is C23H24N6O4S. The van der Waals surface area contributed by atoms with Gasteiger partial charge >= 0.3 is 6.03 Å². The number of nitrogens with two attached hydrogens (primary N) is 1. The number of urea groups is 1. The lowest BCUT2D eigenvalue weighted by Gasteiger charge is -2.17. The van der Waals surface area contributed by atoms with Crippen molar-refractivity contribution in [3.05, 3.63) is 60.6 Å². The Labute approximate surface area is 196 Å². The smallest absolute Gasteiger partial charge is 0.319 e. The first-order valence-corrected chi connectivity index (χ1v) is 12.4. The predicted molar refractivity (Wildman–Crippen MR) is 125 cm³/mol. The molecule has 176 valence electrons. The minimum atomic E-state index is -3.69. The van der Waals surface area contributed by atoms with Gasteiger partial charge in [0.15, 0.2) is 15.7 Å². The lowest BCUT2D eigenvalue weighted by atomic mass is 10.1. The summed E-state index contributed by atoms with van der Waals surface area (Å²) in [6, 6.07) is 10.9. The van der Waals surface area contributed by atoms with Gasteiger partial charge < -0.3 is 21.5 Å². The fourth-order valence-electron chi connectivity index (χ4n) is 3.93. The van der Waals surface area contributed by atoms with Crippen LogP contribution in [-0.2, 0) is 14.6 Å². The van der Waals surface area contributed by atoms with Crippen LogP contribution in [0.25, 0.3) is 11.4 Å². The SMILES string of the molecule is Nc1cc(C2(S(=O)(=O)c3ccncc3)CC2)nc(-c2ccc(NC(=O)NC3(CO)CC3)cc2)n1. The minimum Gasteiger partial charge on any atom is -0.394 e. The Hall–Kier alpha value is -3.57. The molecule has 34 heavy (non-hydrogen) atoms. The lowest BCUT2D eigenvalue weighted by molar-refractivity contribution is 0.217. The molecule has 0 saturated heterocycles. The van der Waals surface area contributed by atoms with Gasteiger partial charge in [-0.25, -0.2) is 23.2 Å². The molecule has 3 aromatic rings. The van der Waals surface area contributed by atoms with Crippen LogP contribution in [0.1, 0.15) is 31.4 Å². The number of sulfone groups is 1. The van der Waals surface area contributed by atoms with E-state index in [1.54, 1.807) is 24.3 Å². The van der Waals surface area contributed by atoms with E-state index in [0.29, 0.717) is 35.6 Å². The van der Waals surface area contributed by atoms with E-state index in [0.717, 1.165) is 12.8 Å². The highest BCUT2D eigenvalue weighted by molar-refractivity contribution is 7.92. The summed E-state index contributed by atoms with van der Waals surface area (Å²) in [6.45, 7) is -0.0904. The molecule has 0 unspecified atom stereocenters. The van der Waals surface area contributed by atoms with E-state index in [9.17, 15) is 18.3 Å². The van der Waals surface area contributed by atoms with Crippen molar-refractivity contribution < 1.29 is 18.3 Å². The number of aromatic nitrogens is 3. The number of rotatable bonds is 7. The van der Waals surface area contributed by atoms with Crippen molar-refractivity contribution in [3.63, 3.8) is 0 Å². The molecule has 0 spiro atoms. The Bertz CT molecular complexity index is 1340. The quantitative estimate of drug-likeness (QED) is 0.400. The average Bonchev–Trinajstić information content (AvgIpc) is 3.75.